The zero-order valence-electron chi connectivity index (χ0n) is 15.8. The maximum absolute atomic E-state index is 6.30. The predicted molar refractivity (Wildman–Crippen MR) is 111 cm³/mol. The summed E-state index contributed by atoms with van der Waals surface area (Å²) >= 11 is 6.30. The molecule has 0 bridgehead atoms. The van der Waals surface area contributed by atoms with Gasteiger partial charge in [-0.1, -0.05) is 11.6 Å². The molecule has 26 heavy (non-hydrogen) atoms. The number of halogens is 1. The summed E-state index contributed by atoms with van der Waals surface area (Å²) < 4.78 is 2.37. The van der Waals surface area contributed by atoms with E-state index in [2.05, 4.69) is 72.7 Å². The van der Waals surface area contributed by atoms with Gasteiger partial charge in [-0.05, 0) is 74.9 Å². The van der Waals surface area contributed by atoms with Crippen LogP contribution in [0, 0.1) is 13.8 Å². The van der Waals surface area contributed by atoms with Crippen LogP contribution >= 0.6 is 11.6 Å². The fraction of sp³-hybridized carbons (Fsp3) is 0.318. The molecule has 1 aliphatic rings. The third kappa shape index (κ3) is 3.06. The average Bonchev–Trinajstić information content (AvgIpc) is 2.86. The summed E-state index contributed by atoms with van der Waals surface area (Å²) in [4.78, 5) is 6.87. The van der Waals surface area contributed by atoms with Crippen molar-refractivity contribution in [2.45, 2.75) is 33.7 Å². The first-order valence-electron chi connectivity index (χ1n) is 9.06. The minimum absolute atomic E-state index is 0.798. The van der Waals surface area contributed by atoms with Crippen LogP contribution in [0.4, 0.5) is 0 Å². The lowest BCUT2D eigenvalue weighted by atomic mass is 10.0. The topological polar surface area (TPSA) is 21.1 Å². The largest absolute Gasteiger partial charge is 0.320 e. The van der Waals surface area contributed by atoms with E-state index in [0.717, 1.165) is 35.9 Å². The first-order chi connectivity index (χ1) is 12.4. The second kappa shape index (κ2) is 6.57. The third-order valence-electron chi connectivity index (χ3n) is 5.20. The van der Waals surface area contributed by atoms with Crippen molar-refractivity contribution in [2.24, 2.45) is 0 Å². The first-order valence-corrected chi connectivity index (χ1v) is 9.44. The van der Waals surface area contributed by atoms with Gasteiger partial charge in [-0.25, -0.2) is 0 Å². The third-order valence-corrected chi connectivity index (χ3v) is 5.44. The summed E-state index contributed by atoms with van der Waals surface area (Å²) in [5.41, 5.74) is 8.63. The maximum Gasteiger partial charge on any atom is 0.0529 e. The van der Waals surface area contributed by atoms with E-state index in [1.807, 2.05) is 6.07 Å². The molecule has 0 radical (unpaired) electrons. The average molecular weight is 366 g/mol. The summed E-state index contributed by atoms with van der Waals surface area (Å²) in [6, 6.07) is 10.5. The highest BCUT2D eigenvalue weighted by Gasteiger charge is 2.22. The molecule has 3 aromatic rings. The number of allylic oxidation sites excluding steroid dienone is 1. The van der Waals surface area contributed by atoms with Gasteiger partial charge in [0.2, 0.25) is 0 Å². The molecule has 4 heteroatoms. The summed E-state index contributed by atoms with van der Waals surface area (Å²) in [7, 11) is 2.18. The Morgan fingerprint density at radius 2 is 1.88 bits per heavy atom. The van der Waals surface area contributed by atoms with Crippen molar-refractivity contribution in [3.8, 4) is 0 Å². The SMILES string of the molecule is C/C(=C/n1c2c(c3cc(Cl)ccc31)CN(C)CC2)c1cc(C)nc(C)c1. The van der Waals surface area contributed by atoms with Gasteiger partial charge in [0.25, 0.3) is 0 Å². The highest BCUT2D eigenvalue weighted by molar-refractivity contribution is 6.31. The zero-order chi connectivity index (χ0) is 18.4. The quantitative estimate of drug-likeness (QED) is 0.613. The number of fused-ring (bicyclic) bond motifs is 3. The lowest BCUT2D eigenvalue weighted by Gasteiger charge is -2.23. The molecule has 1 aromatic carbocycles. The Balaban J connectivity index is 1.91. The lowest BCUT2D eigenvalue weighted by Crippen LogP contribution is -2.26. The van der Waals surface area contributed by atoms with Crippen LogP contribution in [0.25, 0.3) is 22.7 Å². The van der Waals surface area contributed by atoms with Crippen LogP contribution in [0.15, 0.2) is 30.3 Å². The number of aromatic nitrogens is 2. The summed E-state index contributed by atoms with van der Waals surface area (Å²) in [5.74, 6) is 0. The molecular formula is C22H24ClN3. The van der Waals surface area contributed by atoms with Gasteiger partial charge in [-0.15, -0.1) is 0 Å². The molecule has 0 unspecified atom stereocenters. The molecule has 4 rings (SSSR count). The van der Waals surface area contributed by atoms with Crippen LogP contribution in [-0.2, 0) is 13.0 Å². The van der Waals surface area contributed by atoms with Crippen molar-refractivity contribution in [2.75, 3.05) is 13.6 Å². The van der Waals surface area contributed by atoms with E-state index < -0.39 is 0 Å². The number of pyridine rings is 1. The highest BCUT2D eigenvalue weighted by Crippen LogP contribution is 2.33. The van der Waals surface area contributed by atoms with Gasteiger partial charge in [0, 0.05) is 53.2 Å². The van der Waals surface area contributed by atoms with E-state index in [1.54, 1.807) is 0 Å². The van der Waals surface area contributed by atoms with Gasteiger partial charge < -0.3 is 9.47 Å². The van der Waals surface area contributed by atoms with Crippen LogP contribution in [0.2, 0.25) is 5.02 Å². The standard InChI is InChI=1S/C22H24ClN3/c1-14(17-9-15(2)24-16(3)10-17)12-26-21-6-5-18(23)11-19(21)20-13-25(4)8-7-22(20)26/h5-6,9-12H,7-8,13H2,1-4H3/b14-12-. The molecule has 134 valence electrons. The Morgan fingerprint density at radius 1 is 1.15 bits per heavy atom. The van der Waals surface area contributed by atoms with E-state index in [-0.39, 0.29) is 0 Å². The highest BCUT2D eigenvalue weighted by atomic mass is 35.5. The molecule has 2 aromatic heterocycles. The minimum Gasteiger partial charge on any atom is -0.320 e. The van der Waals surface area contributed by atoms with E-state index >= 15 is 0 Å². The molecule has 0 aliphatic carbocycles. The molecule has 0 spiro atoms. The summed E-state index contributed by atoms with van der Waals surface area (Å²) in [5, 5.41) is 2.07. The molecule has 3 nitrogen and oxygen atoms in total. The molecule has 0 atom stereocenters. The van der Waals surface area contributed by atoms with E-state index in [4.69, 9.17) is 11.6 Å². The number of benzene rings is 1. The van der Waals surface area contributed by atoms with Gasteiger partial charge in [-0.3, -0.25) is 4.98 Å². The normalized spacial score (nSPS) is 15.5. The number of nitrogens with zero attached hydrogens (tertiary/aromatic N) is 3. The van der Waals surface area contributed by atoms with E-state index in [9.17, 15) is 0 Å². The van der Waals surface area contributed by atoms with Crippen molar-refractivity contribution < 1.29 is 0 Å². The number of aryl methyl sites for hydroxylation is 2. The lowest BCUT2D eigenvalue weighted by molar-refractivity contribution is 0.312. The van der Waals surface area contributed by atoms with Crippen LogP contribution in [0.3, 0.4) is 0 Å². The number of hydrogen-bond donors (Lipinski definition) is 0. The molecule has 0 saturated heterocycles. The molecule has 0 N–H and O–H groups in total. The van der Waals surface area contributed by atoms with E-state index in [1.165, 1.54) is 33.3 Å². The first kappa shape index (κ1) is 17.3. The van der Waals surface area contributed by atoms with Gasteiger partial charge in [-0.2, -0.15) is 0 Å². The Hall–Kier alpha value is -2.10. The zero-order valence-corrected chi connectivity index (χ0v) is 16.6. The monoisotopic (exact) mass is 365 g/mol. The van der Waals surface area contributed by atoms with Gasteiger partial charge in [0.05, 0.1) is 5.52 Å². The van der Waals surface area contributed by atoms with Crippen LogP contribution in [-0.4, -0.2) is 28.0 Å². The van der Waals surface area contributed by atoms with Crippen molar-refractivity contribution in [3.63, 3.8) is 0 Å². The fourth-order valence-electron chi connectivity index (χ4n) is 3.98. The molecule has 3 heterocycles. The molecule has 0 saturated carbocycles. The Kier molecular flexibility index (Phi) is 4.37. The van der Waals surface area contributed by atoms with E-state index in [0.29, 0.717) is 0 Å². The summed E-state index contributed by atoms with van der Waals surface area (Å²) in [6.45, 7) is 8.33. The maximum atomic E-state index is 6.30. The predicted octanol–water partition coefficient (Wildman–Crippen LogP) is 5.31. The van der Waals surface area contributed by atoms with Crippen molar-refractivity contribution in [1.82, 2.24) is 14.5 Å². The molecule has 1 aliphatic heterocycles. The van der Waals surface area contributed by atoms with Gasteiger partial charge in [0.1, 0.15) is 0 Å². The Bertz CT molecular complexity index is 1010. The Morgan fingerprint density at radius 3 is 2.62 bits per heavy atom. The van der Waals surface area contributed by atoms with Gasteiger partial charge >= 0.3 is 0 Å². The summed E-state index contributed by atoms with van der Waals surface area (Å²) in [6.07, 6.45) is 3.32. The fourth-order valence-corrected chi connectivity index (χ4v) is 4.15. The van der Waals surface area contributed by atoms with Crippen molar-refractivity contribution in [1.29, 1.82) is 0 Å². The minimum atomic E-state index is 0.798. The second-order valence-corrected chi connectivity index (χ2v) is 7.83. The van der Waals surface area contributed by atoms with Crippen LogP contribution in [0.1, 0.15) is 35.1 Å². The molecule has 0 fully saturated rings. The number of hydrogen-bond acceptors (Lipinski definition) is 2. The van der Waals surface area contributed by atoms with Crippen LogP contribution in [0.5, 0.6) is 0 Å². The number of rotatable bonds is 2. The second-order valence-electron chi connectivity index (χ2n) is 7.40. The molecule has 0 amide bonds. The Labute approximate surface area is 159 Å². The smallest absolute Gasteiger partial charge is 0.0529 e. The van der Waals surface area contributed by atoms with Gasteiger partial charge in [0.15, 0.2) is 0 Å². The van der Waals surface area contributed by atoms with Crippen molar-refractivity contribution >= 4 is 34.3 Å². The molecular weight excluding hydrogens is 342 g/mol. The van der Waals surface area contributed by atoms with Crippen molar-refractivity contribution in [3.05, 3.63) is 63.6 Å². The van der Waals surface area contributed by atoms with Crippen LogP contribution < -0.4 is 0 Å². The number of likely N-dealkylation sites (N-methyl/N-ethyl adjacent to an activating group) is 1.